The van der Waals surface area contributed by atoms with Gasteiger partial charge in [0.15, 0.2) is 15.1 Å². The molecule has 1 aromatic carbocycles. The molecular weight excluding hydrogens is 332 g/mol. The average Bonchev–Trinajstić information content (AvgIpc) is 2.98. The van der Waals surface area contributed by atoms with Crippen LogP contribution in [0.3, 0.4) is 0 Å². The van der Waals surface area contributed by atoms with Gasteiger partial charge in [-0.3, -0.25) is 9.12 Å². The van der Waals surface area contributed by atoms with Gasteiger partial charge in [0.1, 0.15) is 6.07 Å². The van der Waals surface area contributed by atoms with Gasteiger partial charge in [-0.25, -0.2) is 4.98 Å². The molecule has 0 radical (unpaired) electrons. The zero-order chi connectivity index (χ0) is 15.0. The van der Waals surface area contributed by atoms with Crippen molar-refractivity contribution >= 4 is 43.6 Å². The van der Waals surface area contributed by atoms with Crippen LogP contribution in [0.25, 0.3) is 4.96 Å². The molecule has 1 N–H and O–H groups in total. The normalized spacial score (nSPS) is 11.4. The Bertz CT molecular complexity index is 969. The first-order valence-corrected chi connectivity index (χ1v) is 8.40. The lowest BCUT2D eigenvalue weighted by molar-refractivity contribution is 0.596. The number of halogens is 1. The highest BCUT2D eigenvalue weighted by atomic mass is 35.5. The third-order valence-electron chi connectivity index (χ3n) is 2.72. The number of sulfonamides is 1. The summed E-state index contributed by atoms with van der Waals surface area (Å²) < 4.78 is 28.8. The van der Waals surface area contributed by atoms with Crippen LogP contribution in [-0.2, 0) is 10.0 Å². The molecule has 106 valence electrons. The van der Waals surface area contributed by atoms with Gasteiger partial charge in [-0.2, -0.15) is 13.7 Å². The van der Waals surface area contributed by atoms with Gasteiger partial charge in [-0.05, 0) is 12.1 Å². The second-order valence-corrected chi connectivity index (χ2v) is 6.85. The summed E-state index contributed by atoms with van der Waals surface area (Å²) in [5.74, 6) is 0. The Morgan fingerprint density at radius 3 is 2.90 bits per heavy atom. The first-order valence-electron chi connectivity index (χ1n) is 5.66. The minimum Gasteiger partial charge on any atom is -0.278 e. The molecular formula is C12H7ClN4O2S2. The molecule has 2 heterocycles. The van der Waals surface area contributed by atoms with Crippen LogP contribution >= 0.6 is 22.9 Å². The van der Waals surface area contributed by atoms with E-state index in [1.807, 2.05) is 6.07 Å². The molecule has 21 heavy (non-hydrogen) atoms. The molecule has 0 fully saturated rings. The first kappa shape index (κ1) is 13.9. The Hall–Kier alpha value is -2.08. The Labute approximate surface area is 129 Å². The Morgan fingerprint density at radius 1 is 1.38 bits per heavy atom. The molecule has 0 aliphatic heterocycles. The summed E-state index contributed by atoms with van der Waals surface area (Å²) in [6.07, 6.45) is 1.57. The second-order valence-electron chi connectivity index (χ2n) is 4.03. The number of hydrogen-bond acceptors (Lipinski definition) is 5. The van der Waals surface area contributed by atoms with E-state index < -0.39 is 10.0 Å². The number of anilines is 1. The third-order valence-corrected chi connectivity index (χ3v) is 5.24. The largest absolute Gasteiger partial charge is 0.281 e. The average molecular weight is 339 g/mol. The van der Waals surface area contributed by atoms with Crippen LogP contribution in [0.2, 0.25) is 5.15 Å². The number of nitrogens with zero attached hydrogens (tertiary/aromatic N) is 3. The van der Waals surface area contributed by atoms with E-state index in [0.717, 1.165) is 0 Å². The topological polar surface area (TPSA) is 87.3 Å². The molecule has 0 aliphatic rings. The van der Waals surface area contributed by atoms with E-state index in [0.29, 0.717) is 4.96 Å². The number of para-hydroxylation sites is 1. The van der Waals surface area contributed by atoms with Crippen LogP contribution in [0, 0.1) is 11.3 Å². The van der Waals surface area contributed by atoms with E-state index >= 15 is 0 Å². The monoisotopic (exact) mass is 338 g/mol. The lowest BCUT2D eigenvalue weighted by atomic mass is 10.2. The summed E-state index contributed by atoms with van der Waals surface area (Å²) in [7, 11) is -3.96. The zero-order valence-corrected chi connectivity index (χ0v) is 12.7. The quantitative estimate of drug-likeness (QED) is 0.795. The number of nitrogens with one attached hydrogen (secondary N) is 1. The van der Waals surface area contributed by atoms with Crippen LogP contribution in [0.15, 0.2) is 40.9 Å². The van der Waals surface area contributed by atoms with Gasteiger partial charge in [0, 0.05) is 11.6 Å². The molecule has 0 saturated heterocycles. The van der Waals surface area contributed by atoms with Gasteiger partial charge in [-0.15, -0.1) is 11.3 Å². The van der Waals surface area contributed by atoms with Crippen molar-refractivity contribution in [3.8, 4) is 6.07 Å². The van der Waals surface area contributed by atoms with Crippen LogP contribution < -0.4 is 4.72 Å². The molecule has 0 aliphatic carbocycles. The molecule has 0 bridgehead atoms. The SMILES string of the molecule is N#Cc1ccccc1NS(=O)(=O)c1c(Cl)nc2sccn12. The van der Waals surface area contributed by atoms with E-state index in [4.69, 9.17) is 16.9 Å². The van der Waals surface area contributed by atoms with Gasteiger partial charge < -0.3 is 0 Å². The first-order chi connectivity index (χ1) is 10.0. The summed E-state index contributed by atoms with van der Waals surface area (Å²) in [6, 6.07) is 8.25. The Kier molecular flexibility index (Phi) is 3.33. The third kappa shape index (κ3) is 2.35. The van der Waals surface area contributed by atoms with Crippen molar-refractivity contribution in [2.75, 3.05) is 4.72 Å². The summed E-state index contributed by atoms with van der Waals surface area (Å²) in [5, 5.41) is 10.5. The fourth-order valence-corrected chi connectivity index (χ4v) is 4.38. The van der Waals surface area contributed by atoms with Crippen molar-refractivity contribution in [1.29, 1.82) is 5.26 Å². The van der Waals surface area contributed by atoms with Crippen molar-refractivity contribution in [3.63, 3.8) is 0 Å². The molecule has 0 saturated carbocycles. The predicted molar refractivity (Wildman–Crippen MR) is 80.0 cm³/mol. The summed E-state index contributed by atoms with van der Waals surface area (Å²) in [4.78, 5) is 4.47. The summed E-state index contributed by atoms with van der Waals surface area (Å²) >= 11 is 7.20. The number of benzene rings is 1. The van der Waals surface area contributed by atoms with Crippen molar-refractivity contribution in [1.82, 2.24) is 9.38 Å². The number of imidazole rings is 1. The van der Waals surface area contributed by atoms with E-state index in [1.165, 1.54) is 27.9 Å². The zero-order valence-electron chi connectivity index (χ0n) is 10.3. The van der Waals surface area contributed by atoms with E-state index in [9.17, 15) is 8.42 Å². The van der Waals surface area contributed by atoms with Gasteiger partial charge >= 0.3 is 0 Å². The molecule has 3 aromatic rings. The van der Waals surface area contributed by atoms with Crippen molar-refractivity contribution < 1.29 is 8.42 Å². The summed E-state index contributed by atoms with van der Waals surface area (Å²) in [5.41, 5.74) is 0.421. The number of fused-ring (bicyclic) bond motifs is 1. The molecule has 0 unspecified atom stereocenters. The minimum atomic E-state index is -3.96. The fraction of sp³-hybridized carbons (Fsp3) is 0. The standard InChI is InChI=1S/C12H7ClN4O2S2/c13-10-11(17-5-6-20-12(17)15-10)21(18,19)16-9-4-2-1-3-8(9)7-14/h1-6,16H. The smallest absolute Gasteiger partial charge is 0.278 e. The highest BCUT2D eigenvalue weighted by Gasteiger charge is 2.25. The number of thiazole rings is 1. The fourth-order valence-electron chi connectivity index (χ4n) is 1.84. The lowest BCUT2D eigenvalue weighted by Gasteiger charge is -2.08. The maximum atomic E-state index is 12.5. The van der Waals surface area contributed by atoms with Crippen LogP contribution in [0.1, 0.15) is 5.56 Å². The minimum absolute atomic E-state index is 0.108. The van der Waals surface area contributed by atoms with Gasteiger partial charge in [0.05, 0.1) is 11.3 Å². The van der Waals surface area contributed by atoms with E-state index in [2.05, 4.69) is 9.71 Å². The maximum Gasteiger partial charge on any atom is 0.281 e. The summed E-state index contributed by atoms with van der Waals surface area (Å²) in [6.45, 7) is 0. The number of rotatable bonds is 3. The maximum absolute atomic E-state index is 12.5. The van der Waals surface area contributed by atoms with Crippen molar-refractivity contribution in [3.05, 3.63) is 46.6 Å². The highest BCUT2D eigenvalue weighted by Crippen LogP contribution is 2.27. The second kappa shape index (κ2) is 5.04. The van der Waals surface area contributed by atoms with E-state index in [-0.39, 0.29) is 21.4 Å². The number of hydrogen-bond donors (Lipinski definition) is 1. The van der Waals surface area contributed by atoms with Gasteiger partial charge in [0.25, 0.3) is 10.0 Å². The molecule has 0 amide bonds. The van der Waals surface area contributed by atoms with Crippen LogP contribution in [-0.4, -0.2) is 17.8 Å². The molecule has 2 aromatic heterocycles. The number of aromatic nitrogens is 2. The van der Waals surface area contributed by atoms with Crippen LogP contribution in [0.4, 0.5) is 5.69 Å². The molecule has 0 atom stereocenters. The lowest BCUT2D eigenvalue weighted by Crippen LogP contribution is -2.16. The van der Waals surface area contributed by atoms with Crippen molar-refractivity contribution in [2.24, 2.45) is 0 Å². The van der Waals surface area contributed by atoms with Gasteiger partial charge in [0.2, 0.25) is 0 Å². The Morgan fingerprint density at radius 2 is 2.14 bits per heavy atom. The Balaban J connectivity index is 2.11. The molecule has 0 spiro atoms. The molecule has 3 rings (SSSR count). The molecule has 9 heteroatoms. The molecule has 6 nitrogen and oxygen atoms in total. The number of nitriles is 1. The van der Waals surface area contributed by atoms with Crippen LogP contribution in [0.5, 0.6) is 0 Å². The van der Waals surface area contributed by atoms with Gasteiger partial charge in [-0.1, -0.05) is 23.7 Å². The van der Waals surface area contributed by atoms with Crippen molar-refractivity contribution in [2.45, 2.75) is 5.03 Å². The highest BCUT2D eigenvalue weighted by molar-refractivity contribution is 7.92. The van der Waals surface area contributed by atoms with E-state index in [1.54, 1.807) is 23.7 Å². The predicted octanol–water partition coefficient (Wildman–Crippen LogP) is 2.72.